The molecule has 1 fully saturated rings. The quantitative estimate of drug-likeness (QED) is 0.455. The molecule has 0 N–H and O–H groups in total. The first-order chi connectivity index (χ1) is 15.9. The van der Waals surface area contributed by atoms with Crippen molar-refractivity contribution in [2.75, 3.05) is 31.1 Å². The minimum absolute atomic E-state index is 0.0652. The number of halogens is 2. The summed E-state index contributed by atoms with van der Waals surface area (Å²) in [6, 6.07) is 13.3. The van der Waals surface area contributed by atoms with Crippen LogP contribution in [0.1, 0.15) is 21.9 Å². The van der Waals surface area contributed by atoms with E-state index in [1.165, 1.54) is 12.1 Å². The molecule has 0 bridgehead atoms. The van der Waals surface area contributed by atoms with Gasteiger partial charge in [0, 0.05) is 26.2 Å². The van der Waals surface area contributed by atoms with Crippen LogP contribution >= 0.6 is 11.6 Å². The maximum Gasteiger partial charge on any atom is 0.255 e. The number of amides is 1. The summed E-state index contributed by atoms with van der Waals surface area (Å²) in [4.78, 5) is 26.3. The van der Waals surface area contributed by atoms with Gasteiger partial charge in [0.2, 0.25) is 0 Å². The van der Waals surface area contributed by atoms with E-state index < -0.39 is 0 Å². The number of hydrogen-bond donors (Lipinski definition) is 0. The zero-order valence-electron chi connectivity index (χ0n) is 18.3. The zero-order chi connectivity index (χ0) is 23.1. The van der Waals surface area contributed by atoms with Crippen molar-refractivity contribution in [1.82, 2.24) is 24.6 Å². The van der Waals surface area contributed by atoms with Crippen LogP contribution in [-0.2, 0) is 0 Å². The van der Waals surface area contributed by atoms with Crippen molar-refractivity contribution >= 4 is 34.4 Å². The third kappa shape index (κ3) is 3.91. The van der Waals surface area contributed by atoms with E-state index in [0.717, 1.165) is 22.6 Å². The van der Waals surface area contributed by atoms with Crippen LogP contribution in [-0.4, -0.2) is 56.7 Å². The molecule has 0 saturated carbocycles. The summed E-state index contributed by atoms with van der Waals surface area (Å²) in [5.41, 5.74) is 2.72. The van der Waals surface area contributed by atoms with E-state index >= 15 is 0 Å². The first kappa shape index (κ1) is 21.3. The standard InChI is InChI=1S/C24H22ClFN6O/c1-15-21-22(27-16(2)28-23(21)32(29-15)18-9-7-17(26)8-10-18)30-11-13-31(14-12-30)24(33)19-5-3-4-6-20(19)25/h3-10H,11-14H2,1-2H3. The van der Waals surface area contributed by atoms with E-state index in [0.29, 0.717) is 48.2 Å². The minimum atomic E-state index is -0.303. The first-order valence-electron chi connectivity index (χ1n) is 10.7. The molecule has 0 spiro atoms. The number of piperazine rings is 1. The van der Waals surface area contributed by atoms with Gasteiger partial charge >= 0.3 is 0 Å². The molecule has 1 aliphatic rings. The van der Waals surface area contributed by atoms with Gasteiger partial charge in [-0.25, -0.2) is 19.0 Å². The lowest BCUT2D eigenvalue weighted by atomic mass is 10.1. The van der Waals surface area contributed by atoms with Crippen LogP contribution in [0.4, 0.5) is 10.2 Å². The largest absolute Gasteiger partial charge is 0.352 e. The Bertz CT molecular complexity index is 1350. The Morgan fingerprint density at radius 2 is 1.67 bits per heavy atom. The van der Waals surface area contributed by atoms with Gasteiger partial charge in [0.15, 0.2) is 5.65 Å². The smallest absolute Gasteiger partial charge is 0.255 e. The molecule has 2 aromatic heterocycles. The molecule has 2 aromatic carbocycles. The van der Waals surface area contributed by atoms with Crippen LogP contribution in [0.15, 0.2) is 48.5 Å². The molecule has 5 rings (SSSR count). The molecule has 9 heteroatoms. The molecule has 0 atom stereocenters. The van der Waals surface area contributed by atoms with Crippen LogP contribution in [0.25, 0.3) is 16.7 Å². The van der Waals surface area contributed by atoms with Crippen LogP contribution in [0, 0.1) is 19.7 Å². The van der Waals surface area contributed by atoms with Crippen LogP contribution in [0.5, 0.6) is 0 Å². The van der Waals surface area contributed by atoms with Gasteiger partial charge in [0.05, 0.1) is 27.4 Å². The first-order valence-corrected chi connectivity index (χ1v) is 11.1. The van der Waals surface area contributed by atoms with E-state index in [4.69, 9.17) is 16.6 Å². The van der Waals surface area contributed by atoms with E-state index in [9.17, 15) is 9.18 Å². The molecule has 0 unspecified atom stereocenters. The van der Waals surface area contributed by atoms with Gasteiger partial charge in [0.1, 0.15) is 17.5 Å². The number of fused-ring (bicyclic) bond motifs is 1. The predicted octanol–water partition coefficient (Wildman–Crippen LogP) is 4.19. The molecule has 0 radical (unpaired) electrons. The number of rotatable bonds is 3. The molecule has 1 saturated heterocycles. The number of benzene rings is 2. The van der Waals surface area contributed by atoms with Crippen LogP contribution < -0.4 is 4.90 Å². The van der Waals surface area contributed by atoms with Gasteiger partial charge in [-0.3, -0.25) is 4.79 Å². The summed E-state index contributed by atoms with van der Waals surface area (Å²) in [5.74, 6) is 1.05. The van der Waals surface area contributed by atoms with Crippen molar-refractivity contribution in [3.63, 3.8) is 0 Å². The van der Waals surface area contributed by atoms with E-state index in [1.807, 2.05) is 30.9 Å². The Morgan fingerprint density at radius 1 is 0.970 bits per heavy atom. The average molecular weight is 465 g/mol. The summed E-state index contributed by atoms with van der Waals surface area (Å²) >= 11 is 6.22. The number of nitrogens with zero attached hydrogens (tertiary/aromatic N) is 6. The highest BCUT2D eigenvalue weighted by atomic mass is 35.5. The normalized spacial score (nSPS) is 14.2. The zero-order valence-corrected chi connectivity index (χ0v) is 19.1. The fourth-order valence-electron chi connectivity index (χ4n) is 4.19. The molecular formula is C24H22ClFN6O. The summed E-state index contributed by atoms with van der Waals surface area (Å²) in [7, 11) is 0. The van der Waals surface area contributed by atoms with Gasteiger partial charge < -0.3 is 9.80 Å². The Labute approximate surface area is 195 Å². The van der Waals surface area contributed by atoms with Crippen LogP contribution in [0.3, 0.4) is 0 Å². The number of carbonyl (C=O) groups excluding carboxylic acids is 1. The predicted molar refractivity (Wildman–Crippen MR) is 126 cm³/mol. The maximum atomic E-state index is 13.4. The molecule has 0 aliphatic carbocycles. The van der Waals surface area contributed by atoms with Gasteiger partial charge in [-0.05, 0) is 50.2 Å². The number of carbonyl (C=O) groups is 1. The highest BCUT2D eigenvalue weighted by molar-refractivity contribution is 6.33. The highest BCUT2D eigenvalue weighted by Crippen LogP contribution is 2.30. The highest BCUT2D eigenvalue weighted by Gasteiger charge is 2.27. The van der Waals surface area contributed by atoms with Gasteiger partial charge in [-0.2, -0.15) is 5.10 Å². The van der Waals surface area contributed by atoms with Gasteiger partial charge in [-0.15, -0.1) is 0 Å². The lowest BCUT2D eigenvalue weighted by Gasteiger charge is -2.36. The lowest BCUT2D eigenvalue weighted by molar-refractivity contribution is 0.0746. The Balaban J connectivity index is 1.45. The van der Waals surface area contributed by atoms with Gasteiger partial charge in [0.25, 0.3) is 5.91 Å². The monoisotopic (exact) mass is 464 g/mol. The van der Waals surface area contributed by atoms with Crippen molar-refractivity contribution in [3.8, 4) is 5.69 Å². The molecular weight excluding hydrogens is 443 g/mol. The van der Waals surface area contributed by atoms with E-state index in [-0.39, 0.29) is 11.7 Å². The van der Waals surface area contributed by atoms with Crippen molar-refractivity contribution in [2.24, 2.45) is 0 Å². The Kier molecular flexibility index (Phi) is 5.46. The van der Waals surface area contributed by atoms with Gasteiger partial charge in [-0.1, -0.05) is 23.7 Å². The van der Waals surface area contributed by atoms with Crippen molar-refractivity contribution in [2.45, 2.75) is 13.8 Å². The fourth-order valence-corrected chi connectivity index (χ4v) is 4.40. The van der Waals surface area contributed by atoms with E-state index in [1.54, 1.807) is 28.9 Å². The second-order valence-corrected chi connectivity index (χ2v) is 8.43. The summed E-state index contributed by atoms with van der Waals surface area (Å²) in [6.07, 6.45) is 0. The number of aromatic nitrogens is 4. The SMILES string of the molecule is Cc1nc(N2CCN(C(=O)c3ccccc3Cl)CC2)c2c(C)nn(-c3ccc(F)cc3)c2n1. The molecule has 3 heterocycles. The van der Waals surface area contributed by atoms with Crippen molar-refractivity contribution < 1.29 is 9.18 Å². The number of anilines is 1. The maximum absolute atomic E-state index is 13.4. The summed E-state index contributed by atoms with van der Waals surface area (Å²) < 4.78 is 15.1. The third-order valence-corrected chi connectivity index (χ3v) is 6.17. The lowest BCUT2D eigenvalue weighted by Crippen LogP contribution is -2.49. The Hall–Kier alpha value is -3.52. The van der Waals surface area contributed by atoms with Crippen molar-refractivity contribution in [1.29, 1.82) is 0 Å². The molecule has 33 heavy (non-hydrogen) atoms. The molecule has 1 amide bonds. The molecule has 4 aromatic rings. The van der Waals surface area contributed by atoms with E-state index in [2.05, 4.69) is 15.0 Å². The minimum Gasteiger partial charge on any atom is -0.352 e. The number of aryl methyl sites for hydroxylation is 2. The topological polar surface area (TPSA) is 67.2 Å². The molecule has 7 nitrogen and oxygen atoms in total. The van der Waals surface area contributed by atoms with Crippen molar-refractivity contribution in [3.05, 3.63) is 76.5 Å². The van der Waals surface area contributed by atoms with Crippen LogP contribution in [0.2, 0.25) is 5.02 Å². The Morgan fingerprint density at radius 3 is 2.36 bits per heavy atom. The molecule has 168 valence electrons. The fraction of sp³-hybridized carbons (Fsp3) is 0.250. The summed E-state index contributed by atoms with van der Waals surface area (Å²) in [5, 5.41) is 5.98. The number of hydrogen-bond acceptors (Lipinski definition) is 5. The third-order valence-electron chi connectivity index (χ3n) is 5.84. The second kappa shape index (κ2) is 8.44. The summed E-state index contributed by atoms with van der Waals surface area (Å²) in [6.45, 7) is 6.13. The molecule has 1 aliphatic heterocycles. The second-order valence-electron chi connectivity index (χ2n) is 8.03. The average Bonchev–Trinajstić information content (AvgIpc) is 3.15.